The summed E-state index contributed by atoms with van der Waals surface area (Å²) in [6.45, 7) is 5.51. The van der Waals surface area contributed by atoms with Gasteiger partial charge >= 0.3 is 5.63 Å². The number of carbonyl (C=O) groups is 1. The molecule has 1 aromatic heterocycles. The van der Waals surface area contributed by atoms with Gasteiger partial charge in [-0.1, -0.05) is 12.1 Å². The number of nitrogens with zero attached hydrogens (tertiary/aromatic N) is 1. The van der Waals surface area contributed by atoms with Crippen LogP contribution in [0.2, 0.25) is 0 Å². The summed E-state index contributed by atoms with van der Waals surface area (Å²) in [6.07, 6.45) is 0. The van der Waals surface area contributed by atoms with Crippen LogP contribution in [0, 0.1) is 20.8 Å². The normalized spacial score (nSPS) is 10.5. The van der Waals surface area contributed by atoms with E-state index in [1.807, 2.05) is 32.0 Å². The molecule has 0 saturated carbocycles. The lowest BCUT2D eigenvalue weighted by atomic mass is 10.1. The molecule has 1 amide bonds. The molecule has 1 heterocycles. The SMILES string of the molecule is Cc1ccc(C)c(NC(=O)c2c(C)n(C)oc2=O)c1. The molecule has 0 atom stereocenters. The highest BCUT2D eigenvalue weighted by Crippen LogP contribution is 2.17. The van der Waals surface area contributed by atoms with Crippen LogP contribution in [0.25, 0.3) is 0 Å². The molecule has 100 valence electrons. The van der Waals surface area contributed by atoms with Crippen LogP contribution in [-0.4, -0.2) is 10.6 Å². The van der Waals surface area contributed by atoms with Crippen LogP contribution in [0.15, 0.2) is 27.5 Å². The zero-order chi connectivity index (χ0) is 14.2. The average molecular weight is 260 g/mol. The maximum Gasteiger partial charge on any atom is 0.370 e. The predicted molar refractivity (Wildman–Crippen MR) is 72.6 cm³/mol. The third kappa shape index (κ3) is 2.45. The molecule has 19 heavy (non-hydrogen) atoms. The van der Waals surface area contributed by atoms with Crippen LogP contribution in [0.3, 0.4) is 0 Å². The van der Waals surface area contributed by atoms with Gasteiger partial charge in [0.25, 0.3) is 5.91 Å². The summed E-state index contributed by atoms with van der Waals surface area (Å²) >= 11 is 0. The van der Waals surface area contributed by atoms with E-state index in [0.29, 0.717) is 11.4 Å². The van der Waals surface area contributed by atoms with E-state index in [-0.39, 0.29) is 5.56 Å². The molecule has 0 aliphatic carbocycles. The third-order valence-electron chi connectivity index (χ3n) is 3.13. The number of hydrogen-bond acceptors (Lipinski definition) is 3. The Morgan fingerprint density at radius 2 is 1.95 bits per heavy atom. The molecular weight excluding hydrogens is 244 g/mol. The number of carbonyl (C=O) groups excluding carboxylic acids is 1. The number of amides is 1. The number of nitrogens with one attached hydrogen (secondary N) is 1. The topological polar surface area (TPSA) is 64.2 Å². The minimum atomic E-state index is -0.622. The fraction of sp³-hybridized carbons (Fsp3) is 0.286. The molecule has 1 N–H and O–H groups in total. The first-order valence-corrected chi connectivity index (χ1v) is 5.95. The summed E-state index contributed by atoms with van der Waals surface area (Å²) < 4.78 is 6.15. The Morgan fingerprint density at radius 3 is 2.53 bits per heavy atom. The summed E-state index contributed by atoms with van der Waals surface area (Å²) in [4.78, 5) is 23.7. The predicted octanol–water partition coefficient (Wildman–Crippen LogP) is 2.16. The summed E-state index contributed by atoms with van der Waals surface area (Å²) in [5.74, 6) is -0.444. The van der Waals surface area contributed by atoms with E-state index in [2.05, 4.69) is 5.32 Å². The van der Waals surface area contributed by atoms with Crippen LogP contribution in [-0.2, 0) is 7.05 Å². The van der Waals surface area contributed by atoms with Crippen LogP contribution < -0.4 is 10.9 Å². The molecule has 5 heteroatoms. The lowest BCUT2D eigenvalue weighted by molar-refractivity contribution is 0.102. The minimum absolute atomic E-state index is 0.0448. The van der Waals surface area contributed by atoms with Crippen molar-refractivity contribution in [2.75, 3.05) is 5.32 Å². The van der Waals surface area contributed by atoms with Gasteiger partial charge in [0.2, 0.25) is 0 Å². The smallest absolute Gasteiger partial charge is 0.336 e. The third-order valence-corrected chi connectivity index (χ3v) is 3.13. The standard InChI is InChI=1S/C14H16N2O3/c1-8-5-6-9(2)11(7-8)15-13(17)12-10(3)16(4)19-14(12)18/h5-7H,1-4H3,(H,15,17). The van der Waals surface area contributed by atoms with Gasteiger partial charge in [-0.2, -0.15) is 0 Å². The molecule has 0 fully saturated rings. The van der Waals surface area contributed by atoms with Gasteiger partial charge in [0.05, 0.1) is 5.69 Å². The van der Waals surface area contributed by atoms with Crippen molar-refractivity contribution >= 4 is 11.6 Å². The number of aryl methyl sites for hydroxylation is 3. The van der Waals surface area contributed by atoms with Crippen molar-refractivity contribution in [3.63, 3.8) is 0 Å². The number of aromatic nitrogens is 1. The Labute approximate surface area is 110 Å². The Balaban J connectivity index is 2.36. The molecule has 0 aliphatic rings. The molecule has 0 bridgehead atoms. The maximum absolute atomic E-state index is 12.1. The molecule has 0 aliphatic heterocycles. The largest absolute Gasteiger partial charge is 0.370 e. The van der Waals surface area contributed by atoms with Crippen molar-refractivity contribution in [2.24, 2.45) is 7.05 Å². The van der Waals surface area contributed by atoms with Gasteiger partial charge in [0, 0.05) is 12.7 Å². The molecule has 2 aromatic rings. The molecule has 2 rings (SSSR count). The van der Waals surface area contributed by atoms with Crippen molar-refractivity contribution in [1.82, 2.24) is 4.74 Å². The van der Waals surface area contributed by atoms with Gasteiger partial charge in [-0.25, -0.2) is 9.53 Å². The second-order valence-corrected chi connectivity index (χ2v) is 4.61. The van der Waals surface area contributed by atoms with Crippen molar-refractivity contribution in [3.05, 3.63) is 51.0 Å². The van der Waals surface area contributed by atoms with Crippen molar-refractivity contribution < 1.29 is 9.32 Å². The van der Waals surface area contributed by atoms with E-state index in [0.717, 1.165) is 11.1 Å². The van der Waals surface area contributed by atoms with Crippen LogP contribution in [0.5, 0.6) is 0 Å². The highest BCUT2D eigenvalue weighted by Gasteiger charge is 2.20. The summed E-state index contributed by atoms with van der Waals surface area (Å²) in [6, 6.07) is 5.76. The fourth-order valence-corrected chi connectivity index (χ4v) is 1.86. The average Bonchev–Trinajstić information content (AvgIpc) is 2.58. The molecule has 1 aromatic carbocycles. The second kappa shape index (κ2) is 4.76. The Hall–Kier alpha value is -2.30. The quantitative estimate of drug-likeness (QED) is 0.899. The Kier molecular flexibility index (Phi) is 3.29. The molecule has 0 unspecified atom stereocenters. The highest BCUT2D eigenvalue weighted by atomic mass is 16.5. The maximum atomic E-state index is 12.1. The van der Waals surface area contributed by atoms with E-state index in [1.165, 1.54) is 4.74 Å². The molecule has 5 nitrogen and oxygen atoms in total. The van der Waals surface area contributed by atoms with Crippen molar-refractivity contribution in [3.8, 4) is 0 Å². The van der Waals surface area contributed by atoms with Gasteiger partial charge in [-0.3, -0.25) is 4.79 Å². The first-order valence-electron chi connectivity index (χ1n) is 5.95. The molecule has 0 spiro atoms. The van der Waals surface area contributed by atoms with Crippen LogP contribution >= 0.6 is 0 Å². The zero-order valence-corrected chi connectivity index (χ0v) is 11.4. The highest BCUT2D eigenvalue weighted by molar-refractivity contribution is 6.05. The van der Waals surface area contributed by atoms with E-state index < -0.39 is 11.5 Å². The van der Waals surface area contributed by atoms with E-state index >= 15 is 0 Å². The second-order valence-electron chi connectivity index (χ2n) is 4.61. The Bertz CT molecular complexity index is 695. The van der Waals surface area contributed by atoms with E-state index in [1.54, 1.807) is 14.0 Å². The van der Waals surface area contributed by atoms with Gasteiger partial charge in [0.15, 0.2) is 0 Å². The van der Waals surface area contributed by atoms with E-state index in [4.69, 9.17) is 4.52 Å². The molecule has 0 saturated heterocycles. The molecule has 0 radical (unpaired) electrons. The van der Waals surface area contributed by atoms with Gasteiger partial charge in [0.1, 0.15) is 5.56 Å². The van der Waals surface area contributed by atoms with Crippen molar-refractivity contribution in [2.45, 2.75) is 20.8 Å². The first-order chi connectivity index (χ1) is 8.90. The summed E-state index contributed by atoms with van der Waals surface area (Å²) in [5, 5.41) is 2.75. The summed E-state index contributed by atoms with van der Waals surface area (Å²) in [5.41, 5.74) is 2.61. The van der Waals surface area contributed by atoms with Gasteiger partial charge in [-0.05, 0) is 38.0 Å². The lowest BCUT2D eigenvalue weighted by Gasteiger charge is -2.08. The number of rotatable bonds is 2. The Morgan fingerprint density at radius 1 is 1.26 bits per heavy atom. The first kappa shape index (κ1) is 13.1. The van der Waals surface area contributed by atoms with Crippen LogP contribution in [0.4, 0.5) is 5.69 Å². The monoisotopic (exact) mass is 260 g/mol. The minimum Gasteiger partial charge on any atom is -0.336 e. The zero-order valence-electron chi connectivity index (χ0n) is 11.4. The van der Waals surface area contributed by atoms with Gasteiger partial charge < -0.3 is 9.84 Å². The fourth-order valence-electron chi connectivity index (χ4n) is 1.86. The lowest BCUT2D eigenvalue weighted by Crippen LogP contribution is -2.20. The summed E-state index contributed by atoms with van der Waals surface area (Å²) in [7, 11) is 1.59. The van der Waals surface area contributed by atoms with Gasteiger partial charge in [-0.15, -0.1) is 0 Å². The van der Waals surface area contributed by atoms with Crippen molar-refractivity contribution in [1.29, 1.82) is 0 Å². The van der Waals surface area contributed by atoms with Crippen LogP contribution in [0.1, 0.15) is 27.2 Å². The molecular formula is C14H16N2O3. The van der Waals surface area contributed by atoms with E-state index in [9.17, 15) is 9.59 Å². The number of anilines is 1. The number of hydrogen-bond donors (Lipinski definition) is 1. The number of benzene rings is 1.